The molecular formula is C14H20N2O3S. The van der Waals surface area contributed by atoms with Crippen LogP contribution in [0.25, 0.3) is 0 Å². The number of rotatable bonds is 4. The highest BCUT2D eigenvalue weighted by molar-refractivity contribution is 7.89. The van der Waals surface area contributed by atoms with Gasteiger partial charge in [-0.1, -0.05) is 12.1 Å². The van der Waals surface area contributed by atoms with Crippen LogP contribution in [-0.2, 0) is 21.2 Å². The molecule has 6 heteroatoms. The molecule has 5 nitrogen and oxygen atoms in total. The number of hydrogen-bond acceptors (Lipinski definition) is 3. The number of primary sulfonamides is 1. The second-order valence-corrected chi connectivity index (χ2v) is 6.83. The average molecular weight is 296 g/mol. The number of benzene rings is 1. The number of nitrogens with two attached hydrogens (primary N) is 1. The maximum atomic E-state index is 12.1. The molecule has 1 aromatic rings. The van der Waals surface area contributed by atoms with Gasteiger partial charge in [-0.25, -0.2) is 13.6 Å². The third-order valence-corrected chi connectivity index (χ3v) is 4.68. The van der Waals surface area contributed by atoms with E-state index in [1.165, 1.54) is 12.1 Å². The summed E-state index contributed by atoms with van der Waals surface area (Å²) in [4.78, 5) is 14.1. The summed E-state index contributed by atoms with van der Waals surface area (Å²) in [5, 5.41) is 5.04. The molecule has 1 atom stereocenters. The summed E-state index contributed by atoms with van der Waals surface area (Å²) in [5.74, 6) is 0.172. The van der Waals surface area contributed by atoms with E-state index in [1.54, 1.807) is 12.1 Å². The summed E-state index contributed by atoms with van der Waals surface area (Å²) in [6.45, 7) is 2.93. The summed E-state index contributed by atoms with van der Waals surface area (Å²) >= 11 is 0. The van der Waals surface area contributed by atoms with E-state index in [4.69, 9.17) is 5.14 Å². The third-order valence-electron chi connectivity index (χ3n) is 3.75. The Morgan fingerprint density at radius 1 is 1.35 bits per heavy atom. The molecular weight excluding hydrogens is 276 g/mol. The van der Waals surface area contributed by atoms with Crippen LogP contribution < -0.4 is 5.14 Å². The highest BCUT2D eigenvalue weighted by atomic mass is 32.2. The Bertz CT molecular complexity index is 581. The largest absolute Gasteiger partial charge is 0.340 e. The standard InChI is InChI=1S/C14H20N2O3S/c1-11-3-2-10-16(11)14(17)9-6-12-4-7-13(8-5-12)20(15,18)19/h4-5,7-8,11H,2-3,6,9-10H2,1H3,(H2,15,18,19). The van der Waals surface area contributed by atoms with Gasteiger partial charge in [0.25, 0.3) is 0 Å². The minimum atomic E-state index is -3.65. The summed E-state index contributed by atoms with van der Waals surface area (Å²) in [5.41, 5.74) is 0.942. The zero-order valence-corrected chi connectivity index (χ0v) is 12.4. The van der Waals surface area contributed by atoms with E-state index in [1.807, 2.05) is 4.90 Å². The van der Waals surface area contributed by atoms with Crippen molar-refractivity contribution in [2.75, 3.05) is 6.54 Å². The maximum absolute atomic E-state index is 12.1. The van der Waals surface area contributed by atoms with E-state index < -0.39 is 10.0 Å². The van der Waals surface area contributed by atoms with Crippen molar-refractivity contribution in [1.29, 1.82) is 0 Å². The fourth-order valence-electron chi connectivity index (χ4n) is 2.54. The van der Waals surface area contributed by atoms with Gasteiger partial charge in [0.05, 0.1) is 4.90 Å². The lowest BCUT2D eigenvalue weighted by Gasteiger charge is -2.21. The van der Waals surface area contributed by atoms with Crippen LogP contribution in [0.3, 0.4) is 0 Å². The Labute approximate surface area is 119 Å². The maximum Gasteiger partial charge on any atom is 0.238 e. The van der Waals surface area contributed by atoms with Crippen molar-refractivity contribution in [2.24, 2.45) is 5.14 Å². The van der Waals surface area contributed by atoms with E-state index in [9.17, 15) is 13.2 Å². The lowest BCUT2D eigenvalue weighted by molar-refractivity contribution is -0.131. The Morgan fingerprint density at radius 2 is 2.00 bits per heavy atom. The van der Waals surface area contributed by atoms with Gasteiger partial charge in [0.1, 0.15) is 0 Å². The second kappa shape index (κ2) is 5.93. The van der Waals surface area contributed by atoms with Crippen molar-refractivity contribution in [3.63, 3.8) is 0 Å². The first-order chi connectivity index (χ1) is 9.38. The zero-order valence-electron chi connectivity index (χ0n) is 11.6. The molecule has 1 aromatic carbocycles. The number of carbonyl (C=O) groups excluding carboxylic acids is 1. The molecule has 0 saturated carbocycles. The highest BCUT2D eigenvalue weighted by Gasteiger charge is 2.24. The Hall–Kier alpha value is -1.40. The highest BCUT2D eigenvalue weighted by Crippen LogP contribution is 2.18. The smallest absolute Gasteiger partial charge is 0.238 e. The molecule has 0 bridgehead atoms. The lowest BCUT2D eigenvalue weighted by atomic mass is 10.1. The minimum absolute atomic E-state index is 0.0979. The predicted octanol–water partition coefficient (Wildman–Crippen LogP) is 1.28. The van der Waals surface area contributed by atoms with Gasteiger partial charge >= 0.3 is 0 Å². The molecule has 1 saturated heterocycles. The molecule has 2 N–H and O–H groups in total. The number of aryl methyl sites for hydroxylation is 1. The fourth-order valence-corrected chi connectivity index (χ4v) is 3.06. The topological polar surface area (TPSA) is 80.5 Å². The summed E-state index contributed by atoms with van der Waals surface area (Å²) < 4.78 is 22.3. The number of hydrogen-bond donors (Lipinski definition) is 1. The monoisotopic (exact) mass is 296 g/mol. The summed E-state index contributed by atoms with van der Waals surface area (Å²) in [6.07, 6.45) is 3.23. The van der Waals surface area contributed by atoms with Gasteiger partial charge in [0.2, 0.25) is 15.9 Å². The molecule has 1 aliphatic heterocycles. The molecule has 0 radical (unpaired) electrons. The molecule has 20 heavy (non-hydrogen) atoms. The lowest BCUT2D eigenvalue weighted by Crippen LogP contribution is -2.33. The van der Waals surface area contributed by atoms with Crippen LogP contribution in [0, 0.1) is 0 Å². The van der Waals surface area contributed by atoms with Gasteiger partial charge < -0.3 is 4.90 Å². The van der Waals surface area contributed by atoms with Gasteiger partial charge in [0, 0.05) is 19.0 Å². The van der Waals surface area contributed by atoms with E-state index in [2.05, 4.69) is 6.92 Å². The molecule has 0 spiro atoms. The van der Waals surface area contributed by atoms with E-state index >= 15 is 0 Å². The summed E-state index contributed by atoms with van der Waals surface area (Å²) in [7, 11) is -3.65. The van der Waals surface area contributed by atoms with Gasteiger partial charge in [-0.05, 0) is 43.9 Å². The molecule has 0 aliphatic carbocycles. The molecule has 0 aromatic heterocycles. The molecule has 1 fully saturated rings. The van der Waals surface area contributed by atoms with E-state index in [0.717, 1.165) is 24.9 Å². The quantitative estimate of drug-likeness (QED) is 0.908. The minimum Gasteiger partial charge on any atom is -0.340 e. The van der Waals surface area contributed by atoms with Crippen LogP contribution in [-0.4, -0.2) is 31.8 Å². The second-order valence-electron chi connectivity index (χ2n) is 5.27. The number of sulfonamides is 1. The van der Waals surface area contributed by atoms with Crippen LogP contribution in [0.1, 0.15) is 31.7 Å². The van der Waals surface area contributed by atoms with Crippen molar-refractivity contribution in [1.82, 2.24) is 4.90 Å². The number of carbonyl (C=O) groups is 1. The molecule has 2 rings (SSSR count). The van der Waals surface area contributed by atoms with Crippen molar-refractivity contribution < 1.29 is 13.2 Å². The van der Waals surface area contributed by atoms with E-state index in [-0.39, 0.29) is 10.8 Å². The third kappa shape index (κ3) is 3.58. The van der Waals surface area contributed by atoms with E-state index in [0.29, 0.717) is 18.9 Å². The van der Waals surface area contributed by atoms with Crippen molar-refractivity contribution >= 4 is 15.9 Å². The van der Waals surface area contributed by atoms with Crippen LogP contribution >= 0.6 is 0 Å². The molecule has 1 aliphatic rings. The van der Waals surface area contributed by atoms with Gasteiger partial charge in [-0.2, -0.15) is 0 Å². The first-order valence-corrected chi connectivity index (χ1v) is 8.34. The number of likely N-dealkylation sites (tertiary alicyclic amines) is 1. The predicted molar refractivity (Wildman–Crippen MR) is 76.5 cm³/mol. The first kappa shape index (κ1) is 15.0. The van der Waals surface area contributed by atoms with Gasteiger partial charge in [-0.15, -0.1) is 0 Å². The van der Waals surface area contributed by atoms with Gasteiger partial charge in [-0.3, -0.25) is 4.79 Å². The SMILES string of the molecule is CC1CCCN1C(=O)CCc1ccc(S(N)(=O)=O)cc1. The van der Waals surface area contributed by atoms with Gasteiger partial charge in [0.15, 0.2) is 0 Å². The average Bonchev–Trinajstić information content (AvgIpc) is 2.82. The zero-order chi connectivity index (χ0) is 14.8. The normalized spacial score (nSPS) is 19.3. The van der Waals surface area contributed by atoms with Crippen molar-refractivity contribution in [3.05, 3.63) is 29.8 Å². The van der Waals surface area contributed by atoms with Crippen LogP contribution in [0.4, 0.5) is 0 Å². The molecule has 110 valence electrons. The van der Waals surface area contributed by atoms with Crippen molar-refractivity contribution in [3.8, 4) is 0 Å². The molecule has 1 heterocycles. The Balaban J connectivity index is 1.93. The molecule has 1 unspecified atom stereocenters. The number of nitrogens with zero attached hydrogens (tertiary/aromatic N) is 1. The Morgan fingerprint density at radius 3 is 2.50 bits per heavy atom. The van der Waals surface area contributed by atoms with Crippen molar-refractivity contribution in [2.45, 2.75) is 43.5 Å². The number of amides is 1. The fraction of sp³-hybridized carbons (Fsp3) is 0.500. The summed E-state index contributed by atoms with van der Waals surface area (Å²) in [6, 6.07) is 6.72. The Kier molecular flexibility index (Phi) is 4.45. The van der Waals surface area contributed by atoms with Crippen LogP contribution in [0.15, 0.2) is 29.2 Å². The van der Waals surface area contributed by atoms with Crippen LogP contribution in [0.5, 0.6) is 0 Å². The molecule has 1 amide bonds. The first-order valence-electron chi connectivity index (χ1n) is 6.79. The van der Waals surface area contributed by atoms with Crippen LogP contribution in [0.2, 0.25) is 0 Å².